The summed E-state index contributed by atoms with van der Waals surface area (Å²) >= 11 is 0. The first-order chi connectivity index (χ1) is 12.2. The molecule has 1 aliphatic heterocycles. The number of pyridine rings is 1. The fourth-order valence-corrected chi connectivity index (χ4v) is 3.86. The SMILES string of the molecule is Cc1ccc(C(C)(C)N2C(=O)c3cnc4[nH]ncc4c3C2=O)c(C)c1C. The molecule has 6 nitrogen and oxygen atoms in total. The van der Waals surface area contributed by atoms with Crippen molar-refractivity contribution in [2.24, 2.45) is 0 Å². The maximum Gasteiger partial charge on any atom is 0.263 e. The maximum atomic E-state index is 13.2. The quantitative estimate of drug-likeness (QED) is 0.720. The highest BCUT2D eigenvalue weighted by Gasteiger charge is 2.46. The Hall–Kier alpha value is -3.02. The molecule has 132 valence electrons. The molecule has 3 aromatic rings. The molecule has 1 aliphatic rings. The second-order valence-electron chi connectivity index (χ2n) is 7.36. The van der Waals surface area contributed by atoms with Gasteiger partial charge in [0.05, 0.1) is 28.2 Å². The Bertz CT molecular complexity index is 1090. The monoisotopic (exact) mass is 348 g/mol. The molecule has 0 radical (unpaired) electrons. The molecule has 2 amide bonds. The molecule has 2 aromatic heterocycles. The largest absolute Gasteiger partial charge is 0.269 e. The van der Waals surface area contributed by atoms with Gasteiger partial charge in [-0.05, 0) is 56.9 Å². The van der Waals surface area contributed by atoms with Gasteiger partial charge in [0.25, 0.3) is 11.8 Å². The summed E-state index contributed by atoms with van der Waals surface area (Å²) in [6, 6.07) is 4.04. The van der Waals surface area contributed by atoms with Gasteiger partial charge in [0.1, 0.15) is 0 Å². The molecule has 3 heterocycles. The first-order valence-electron chi connectivity index (χ1n) is 8.53. The van der Waals surface area contributed by atoms with Crippen molar-refractivity contribution in [2.45, 2.75) is 40.2 Å². The van der Waals surface area contributed by atoms with Gasteiger partial charge in [-0.25, -0.2) is 4.98 Å². The third-order valence-electron chi connectivity index (χ3n) is 5.61. The minimum Gasteiger partial charge on any atom is -0.269 e. The van der Waals surface area contributed by atoms with Gasteiger partial charge in [-0.1, -0.05) is 12.1 Å². The zero-order valence-electron chi connectivity index (χ0n) is 15.5. The Balaban J connectivity index is 1.89. The van der Waals surface area contributed by atoms with Crippen molar-refractivity contribution < 1.29 is 9.59 Å². The van der Waals surface area contributed by atoms with Gasteiger partial charge in [0.2, 0.25) is 0 Å². The second kappa shape index (κ2) is 5.24. The van der Waals surface area contributed by atoms with Crippen LogP contribution in [0.25, 0.3) is 11.0 Å². The number of carbonyl (C=O) groups is 2. The Labute approximate surface area is 151 Å². The predicted molar refractivity (Wildman–Crippen MR) is 98.1 cm³/mol. The van der Waals surface area contributed by atoms with E-state index in [0.717, 1.165) is 11.1 Å². The van der Waals surface area contributed by atoms with E-state index in [9.17, 15) is 9.59 Å². The van der Waals surface area contributed by atoms with Crippen LogP contribution in [0.2, 0.25) is 0 Å². The highest BCUT2D eigenvalue weighted by Crippen LogP contribution is 2.39. The van der Waals surface area contributed by atoms with Crippen molar-refractivity contribution in [3.05, 3.63) is 57.9 Å². The number of carbonyl (C=O) groups excluding carboxylic acids is 2. The molecular weight excluding hydrogens is 328 g/mol. The Kier molecular flexibility index (Phi) is 3.31. The number of nitrogens with one attached hydrogen (secondary N) is 1. The summed E-state index contributed by atoms with van der Waals surface area (Å²) < 4.78 is 0. The molecule has 1 N–H and O–H groups in total. The van der Waals surface area contributed by atoms with Gasteiger partial charge < -0.3 is 0 Å². The summed E-state index contributed by atoms with van der Waals surface area (Å²) in [6.45, 7) is 9.97. The fourth-order valence-electron chi connectivity index (χ4n) is 3.86. The molecule has 0 bridgehead atoms. The first-order valence-corrected chi connectivity index (χ1v) is 8.53. The number of aryl methyl sites for hydroxylation is 1. The highest BCUT2D eigenvalue weighted by atomic mass is 16.2. The number of nitrogens with zero attached hydrogens (tertiary/aromatic N) is 3. The third kappa shape index (κ3) is 1.98. The standard InChI is InChI=1S/C20H20N4O2/c1-10-6-7-15(12(3)11(10)2)20(4,5)24-18(25)14-8-21-17-13(9-22-23-17)16(14)19(24)26/h6-9H,1-5H3,(H,21,22,23). The van der Waals surface area contributed by atoms with Crippen LogP contribution in [0.15, 0.2) is 24.5 Å². The van der Waals surface area contributed by atoms with Gasteiger partial charge in [0.15, 0.2) is 5.65 Å². The Morgan fingerprint density at radius 3 is 2.46 bits per heavy atom. The van der Waals surface area contributed by atoms with Crippen molar-refractivity contribution in [3.8, 4) is 0 Å². The van der Waals surface area contributed by atoms with E-state index >= 15 is 0 Å². The van der Waals surface area contributed by atoms with Gasteiger partial charge >= 0.3 is 0 Å². The van der Waals surface area contributed by atoms with Crippen molar-refractivity contribution >= 4 is 22.8 Å². The van der Waals surface area contributed by atoms with Gasteiger partial charge in [-0.3, -0.25) is 19.6 Å². The molecule has 0 fully saturated rings. The smallest absolute Gasteiger partial charge is 0.263 e. The summed E-state index contributed by atoms with van der Waals surface area (Å²) in [5.74, 6) is -0.621. The van der Waals surface area contributed by atoms with Crippen molar-refractivity contribution in [1.29, 1.82) is 0 Å². The summed E-state index contributed by atoms with van der Waals surface area (Å²) in [5, 5.41) is 7.28. The lowest BCUT2D eigenvalue weighted by Gasteiger charge is -2.36. The third-order valence-corrected chi connectivity index (χ3v) is 5.61. The number of hydrogen-bond donors (Lipinski definition) is 1. The average molecular weight is 348 g/mol. The molecule has 0 spiro atoms. The lowest BCUT2D eigenvalue weighted by molar-refractivity contribution is 0.0475. The minimum atomic E-state index is -0.786. The molecule has 1 aromatic carbocycles. The van der Waals surface area contributed by atoms with Crippen LogP contribution >= 0.6 is 0 Å². The summed E-state index contributed by atoms with van der Waals surface area (Å²) in [5.41, 5.74) is 4.85. The van der Waals surface area contributed by atoms with Gasteiger partial charge in [-0.2, -0.15) is 5.10 Å². The van der Waals surface area contributed by atoms with Crippen LogP contribution in [0.1, 0.15) is 56.8 Å². The fraction of sp³-hybridized carbons (Fsp3) is 0.300. The molecule has 0 saturated heterocycles. The van der Waals surface area contributed by atoms with E-state index in [4.69, 9.17) is 0 Å². The topological polar surface area (TPSA) is 79.0 Å². The van der Waals surface area contributed by atoms with Crippen LogP contribution in [0.5, 0.6) is 0 Å². The zero-order valence-corrected chi connectivity index (χ0v) is 15.5. The van der Waals surface area contributed by atoms with Crippen LogP contribution in [0.4, 0.5) is 0 Å². The normalized spacial score (nSPS) is 14.4. The minimum absolute atomic E-state index is 0.304. The molecular formula is C20H20N4O2. The van der Waals surface area contributed by atoms with Crippen LogP contribution in [0.3, 0.4) is 0 Å². The molecule has 0 atom stereocenters. The average Bonchev–Trinajstić information content (AvgIpc) is 3.15. The molecule has 0 saturated carbocycles. The molecule has 26 heavy (non-hydrogen) atoms. The van der Waals surface area contributed by atoms with Crippen LogP contribution in [-0.2, 0) is 5.54 Å². The van der Waals surface area contributed by atoms with E-state index in [0.29, 0.717) is 22.2 Å². The predicted octanol–water partition coefficient (Wildman–Crippen LogP) is 3.41. The highest BCUT2D eigenvalue weighted by molar-refractivity contribution is 6.26. The lowest BCUT2D eigenvalue weighted by Crippen LogP contribution is -2.45. The number of aromatic nitrogens is 3. The number of aromatic amines is 1. The zero-order chi connectivity index (χ0) is 18.8. The van der Waals surface area contributed by atoms with Gasteiger partial charge in [-0.15, -0.1) is 0 Å². The molecule has 0 aliphatic carbocycles. The van der Waals surface area contributed by atoms with Crippen LogP contribution in [-0.4, -0.2) is 31.9 Å². The number of rotatable bonds is 2. The first kappa shape index (κ1) is 16.4. The molecule has 6 heteroatoms. The number of fused-ring (bicyclic) bond motifs is 3. The number of amides is 2. The van der Waals surface area contributed by atoms with Crippen LogP contribution in [0, 0.1) is 20.8 Å². The number of H-pyrrole nitrogens is 1. The molecule has 0 unspecified atom stereocenters. The van der Waals surface area contributed by atoms with E-state index < -0.39 is 5.54 Å². The Morgan fingerprint density at radius 1 is 1.00 bits per heavy atom. The van der Waals surface area contributed by atoms with Crippen molar-refractivity contribution in [1.82, 2.24) is 20.1 Å². The van der Waals surface area contributed by atoms with Gasteiger partial charge in [0, 0.05) is 6.20 Å². The number of imide groups is 1. The second-order valence-corrected chi connectivity index (χ2v) is 7.36. The number of benzene rings is 1. The summed E-state index contributed by atoms with van der Waals surface area (Å²) in [6.07, 6.45) is 3.00. The van der Waals surface area contributed by atoms with Crippen molar-refractivity contribution in [3.63, 3.8) is 0 Å². The summed E-state index contributed by atoms with van der Waals surface area (Å²) in [4.78, 5) is 31.9. The van der Waals surface area contributed by atoms with E-state index in [1.165, 1.54) is 22.2 Å². The maximum absolute atomic E-state index is 13.2. The Morgan fingerprint density at radius 2 is 1.73 bits per heavy atom. The van der Waals surface area contributed by atoms with Crippen LogP contribution < -0.4 is 0 Å². The lowest BCUT2D eigenvalue weighted by atomic mass is 9.85. The summed E-state index contributed by atoms with van der Waals surface area (Å²) in [7, 11) is 0. The van der Waals surface area contributed by atoms with Crippen molar-refractivity contribution in [2.75, 3.05) is 0 Å². The molecule has 4 rings (SSSR count). The van der Waals surface area contributed by atoms with E-state index in [1.54, 1.807) is 6.20 Å². The van der Waals surface area contributed by atoms with E-state index in [-0.39, 0.29) is 11.8 Å². The van der Waals surface area contributed by atoms with E-state index in [2.05, 4.69) is 29.0 Å². The number of hydrogen-bond acceptors (Lipinski definition) is 4. The van der Waals surface area contributed by atoms with E-state index in [1.807, 2.05) is 32.9 Å².